The third kappa shape index (κ3) is 3.21. The topological polar surface area (TPSA) is 72.6 Å². The van der Waals surface area contributed by atoms with Crippen LogP contribution in [0.5, 0.6) is 0 Å². The minimum absolute atomic E-state index is 0.0949. The van der Waals surface area contributed by atoms with E-state index in [0.29, 0.717) is 43.1 Å². The van der Waals surface area contributed by atoms with Crippen molar-refractivity contribution in [3.8, 4) is 0 Å². The Labute approximate surface area is 167 Å². The van der Waals surface area contributed by atoms with Crippen molar-refractivity contribution in [2.24, 2.45) is 5.73 Å². The fourth-order valence-electron chi connectivity index (χ4n) is 4.23. The number of nitrogens with zero attached hydrogens (tertiary/aromatic N) is 1. The van der Waals surface area contributed by atoms with Crippen LogP contribution in [0.25, 0.3) is 0 Å². The Kier molecular flexibility index (Phi) is 4.95. The van der Waals surface area contributed by atoms with Gasteiger partial charge in [0.15, 0.2) is 6.29 Å². The zero-order chi connectivity index (χ0) is 19.9. The molecule has 0 aliphatic carbocycles. The molecule has 0 saturated carbocycles. The highest BCUT2D eigenvalue weighted by Crippen LogP contribution is 2.49. The molecule has 1 unspecified atom stereocenters. The predicted octanol–water partition coefficient (Wildman–Crippen LogP) is 3.34. The molecule has 0 aromatic heterocycles. The summed E-state index contributed by atoms with van der Waals surface area (Å²) in [7, 11) is 0. The zero-order valence-corrected chi connectivity index (χ0v) is 15.9. The van der Waals surface area contributed by atoms with E-state index in [1.165, 1.54) is 6.07 Å². The number of benzene rings is 2. The standard InChI is InChI=1S/C21H20ClFN2O3/c22-14-4-5-15-17(10-14)21(28-18(15)12-26)6-8-25(9-7-21)11-13-2-1-3-16(19(13)23)20(24)27/h1-5,10,12,18H,6-9,11H2,(H2,24,27). The van der Waals surface area contributed by atoms with E-state index in [1.54, 1.807) is 18.2 Å². The number of hydrogen-bond acceptors (Lipinski definition) is 4. The normalized spacial score (nSPS) is 20.9. The van der Waals surface area contributed by atoms with Gasteiger partial charge in [-0.1, -0.05) is 29.8 Å². The summed E-state index contributed by atoms with van der Waals surface area (Å²) in [5.41, 5.74) is 6.87. The highest BCUT2D eigenvalue weighted by atomic mass is 35.5. The summed E-state index contributed by atoms with van der Waals surface area (Å²) < 4.78 is 20.7. The Morgan fingerprint density at radius 2 is 2.07 bits per heavy atom. The van der Waals surface area contributed by atoms with Crippen molar-refractivity contribution in [2.45, 2.75) is 31.1 Å². The molecule has 1 spiro atoms. The van der Waals surface area contributed by atoms with E-state index in [1.807, 2.05) is 12.1 Å². The van der Waals surface area contributed by atoms with Gasteiger partial charge in [0.2, 0.25) is 0 Å². The largest absolute Gasteiger partial charge is 0.366 e. The first kappa shape index (κ1) is 19.1. The van der Waals surface area contributed by atoms with E-state index in [-0.39, 0.29) is 5.56 Å². The summed E-state index contributed by atoms with van der Waals surface area (Å²) >= 11 is 6.18. The maximum atomic E-state index is 14.5. The number of hydrogen-bond donors (Lipinski definition) is 1. The zero-order valence-electron chi connectivity index (χ0n) is 15.2. The lowest BCUT2D eigenvalue weighted by Crippen LogP contribution is -2.42. The molecule has 2 aliphatic heterocycles. The van der Waals surface area contributed by atoms with Crippen LogP contribution in [0.4, 0.5) is 4.39 Å². The number of carbonyl (C=O) groups is 2. The van der Waals surface area contributed by atoms with Gasteiger partial charge in [-0.3, -0.25) is 9.69 Å². The molecule has 1 fully saturated rings. The molecular formula is C21H20ClFN2O3. The van der Waals surface area contributed by atoms with Crippen LogP contribution in [-0.2, 0) is 21.7 Å². The van der Waals surface area contributed by atoms with E-state index >= 15 is 0 Å². The molecule has 1 atom stereocenters. The highest BCUT2D eigenvalue weighted by Gasteiger charge is 2.46. The fourth-order valence-corrected chi connectivity index (χ4v) is 4.41. The second-order valence-electron chi connectivity index (χ2n) is 7.32. The van der Waals surface area contributed by atoms with E-state index < -0.39 is 23.4 Å². The Morgan fingerprint density at radius 1 is 1.32 bits per heavy atom. The molecule has 7 heteroatoms. The van der Waals surface area contributed by atoms with Crippen LogP contribution in [0.3, 0.4) is 0 Å². The molecule has 2 heterocycles. The SMILES string of the molecule is NC(=O)c1cccc(CN2CCC3(CC2)OC(C=O)c2ccc(Cl)cc23)c1F. The van der Waals surface area contributed by atoms with Crippen LogP contribution in [0, 0.1) is 5.82 Å². The van der Waals surface area contributed by atoms with Crippen molar-refractivity contribution in [3.05, 3.63) is 69.5 Å². The summed E-state index contributed by atoms with van der Waals surface area (Å²) in [5, 5.41) is 0.612. The number of piperidine rings is 1. The maximum absolute atomic E-state index is 14.5. The molecule has 2 aromatic rings. The van der Waals surface area contributed by atoms with Gasteiger partial charge in [-0.05, 0) is 42.2 Å². The van der Waals surface area contributed by atoms with Crippen molar-refractivity contribution < 1.29 is 18.7 Å². The molecular weight excluding hydrogens is 383 g/mol. The lowest BCUT2D eigenvalue weighted by molar-refractivity contribution is -0.137. The van der Waals surface area contributed by atoms with E-state index in [2.05, 4.69) is 4.90 Å². The lowest BCUT2D eigenvalue weighted by Gasteiger charge is -2.39. The van der Waals surface area contributed by atoms with Gasteiger partial charge in [0.25, 0.3) is 5.91 Å². The number of ether oxygens (including phenoxy) is 1. The summed E-state index contributed by atoms with van der Waals surface area (Å²) in [6.07, 6.45) is 1.57. The third-order valence-electron chi connectivity index (χ3n) is 5.69. The average molecular weight is 403 g/mol. The average Bonchev–Trinajstić information content (AvgIpc) is 2.98. The minimum Gasteiger partial charge on any atom is -0.366 e. The first-order chi connectivity index (χ1) is 13.4. The van der Waals surface area contributed by atoms with Crippen LogP contribution < -0.4 is 5.73 Å². The molecule has 4 rings (SSSR count). The Morgan fingerprint density at radius 3 is 2.75 bits per heavy atom. The lowest BCUT2D eigenvalue weighted by atomic mass is 9.83. The maximum Gasteiger partial charge on any atom is 0.251 e. The number of rotatable bonds is 4. The van der Waals surface area contributed by atoms with Gasteiger partial charge < -0.3 is 15.3 Å². The van der Waals surface area contributed by atoms with Gasteiger partial charge in [-0.2, -0.15) is 0 Å². The van der Waals surface area contributed by atoms with E-state index in [4.69, 9.17) is 22.1 Å². The van der Waals surface area contributed by atoms with Crippen LogP contribution in [0.1, 0.15) is 46.0 Å². The van der Waals surface area contributed by atoms with Gasteiger partial charge >= 0.3 is 0 Å². The second kappa shape index (κ2) is 7.28. The van der Waals surface area contributed by atoms with Crippen LogP contribution >= 0.6 is 11.6 Å². The number of nitrogens with two attached hydrogens (primary N) is 1. The number of aldehydes is 1. The smallest absolute Gasteiger partial charge is 0.251 e. The predicted molar refractivity (Wildman–Crippen MR) is 102 cm³/mol. The van der Waals surface area contributed by atoms with Crippen molar-refractivity contribution >= 4 is 23.8 Å². The Bertz CT molecular complexity index is 941. The van der Waals surface area contributed by atoms with Crippen molar-refractivity contribution in [3.63, 3.8) is 0 Å². The van der Waals surface area contributed by atoms with Gasteiger partial charge in [0.1, 0.15) is 11.9 Å². The van der Waals surface area contributed by atoms with E-state index in [9.17, 15) is 14.0 Å². The molecule has 1 amide bonds. The first-order valence-corrected chi connectivity index (χ1v) is 9.54. The summed E-state index contributed by atoms with van der Waals surface area (Å²) in [6, 6.07) is 10.2. The van der Waals surface area contributed by atoms with Crippen molar-refractivity contribution in [1.82, 2.24) is 4.90 Å². The van der Waals surface area contributed by atoms with Crippen molar-refractivity contribution in [2.75, 3.05) is 13.1 Å². The Hall–Kier alpha value is -2.28. The number of primary amides is 1. The quantitative estimate of drug-likeness (QED) is 0.796. The monoisotopic (exact) mass is 402 g/mol. The summed E-state index contributed by atoms with van der Waals surface area (Å²) in [4.78, 5) is 24.9. The minimum atomic E-state index is -0.773. The van der Waals surface area contributed by atoms with Gasteiger partial charge in [0.05, 0.1) is 11.2 Å². The van der Waals surface area contributed by atoms with Crippen LogP contribution in [-0.4, -0.2) is 30.2 Å². The first-order valence-electron chi connectivity index (χ1n) is 9.16. The molecule has 2 N–H and O–H groups in total. The molecule has 1 saturated heterocycles. The van der Waals surface area contributed by atoms with E-state index in [0.717, 1.165) is 17.4 Å². The number of likely N-dealkylation sites (tertiary alicyclic amines) is 1. The number of fused-ring (bicyclic) bond motifs is 2. The molecule has 0 bridgehead atoms. The van der Waals surface area contributed by atoms with Crippen LogP contribution in [0.2, 0.25) is 5.02 Å². The molecule has 5 nitrogen and oxygen atoms in total. The number of halogens is 2. The van der Waals surface area contributed by atoms with Gasteiger partial charge in [0, 0.05) is 30.2 Å². The number of amides is 1. The highest BCUT2D eigenvalue weighted by molar-refractivity contribution is 6.30. The third-order valence-corrected chi connectivity index (χ3v) is 5.93. The molecule has 146 valence electrons. The Balaban J connectivity index is 1.52. The molecule has 2 aliphatic rings. The summed E-state index contributed by atoms with van der Waals surface area (Å²) in [6.45, 7) is 1.71. The molecule has 28 heavy (non-hydrogen) atoms. The van der Waals surface area contributed by atoms with Gasteiger partial charge in [-0.15, -0.1) is 0 Å². The number of carbonyl (C=O) groups excluding carboxylic acids is 2. The molecule has 2 aromatic carbocycles. The fraction of sp³-hybridized carbons (Fsp3) is 0.333. The summed E-state index contributed by atoms with van der Waals surface area (Å²) in [5.74, 6) is -1.34. The van der Waals surface area contributed by atoms with Crippen molar-refractivity contribution in [1.29, 1.82) is 0 Å². The van der Waals surface area contributed by atoms with Gasteiger partial charge in [-0.25, -0.2) is 4.39 Å². The van der Waals surface area contributed by atoms with Crippen LogP contribution in [0.15, 0.2) is 36.4 Å². The molecule has 0 radical (unpaired) electrons. The second-order valence-corrected chi connectivity index (χ2v) is 7.76.